The van der Waals surface area contributed by atoms with Crippen molar-refractivity contribution in [3.8, 4) is 11.6 Å². The number of carbonyl (C=O) groups is 1. The van der Waals surface area contributed by atoms with Gasteiger partial charge in [0, 0.05) is 11.8 Å². The van der Waals surface area contributed by atoms with E-state index in [-0.39, 0.29) is 6.61 Å². The predicted molar refractivity (Wildman–Crippen MR) is 70.8 cm³/mol. The summed E-state index contributed by atoms with van der Waals surface area (Å²) in [6.07, 6.45) is 0.789. The Labute approximate surface area is 111 Å². The summed E-state index contributed by atoms with van der Waals surface area (Å²) in [5.74, 6) is -0.677. The van der Waals surface area contributed by atoms with Gasteiger partial charge in [-0.2, -0.15) is 0 Å². The molecule has 0 atom stereocenters. The zero-order chi connectivity index (χ0) is 13.8. The van der Waals surface area contributed by atoms with Crippen molar-refractivity contribution in [3.05, 3.63) is 41.6 Å². The van der Waals surface area contributed by atoms with E-state index in [0.717, 1.165) is 23.4 Å². The smallest absolute Gasteiger partial charge is 0.341 e. The molecule has 0 unspecified atom stereocenters. The summed E-state index contributed by atoms with van der Waals surface area (Å²) in [5.41, 5.74) is 3.07. The van der Waals surface area contributed by atoms with E-state index in [4.69, 9.17) is 9.84 Å². The van der Waals surface area contributed by atoms with Crippen LogP contribution >= 0.6 is 0 Å². The highest BCUT2D eigenvalue weighted by Crippen LogP contribution is 2.18. The van der Waals surface area contributed by atoms with Crippen LogP contribution in [0.5, 0.6) is 5.88 Å². The number of carboxylic acid groups (broad SMARTS) is 1. The Balaban J connectivity index is 2.31. The summed E-state index contributed by atoms with van der Waals surface area (Å²) < 4.78 is 6.89. The molecule has 5 heteroatoms. The van der Waals surface area contributed by atoms with Crippen molar-refractivity contribution in [1.82, 2.24) is 9.78 Å². The topological polar surface area (TPSA) is 64.3 Å². The minimum absolute atomic E-state index is 0.334. The van der Waals surface area contributed by atoms with E-state index >= 15 is 0 Å². The van der Waals surface area contributed by atoms with Crippen LogP contribution in [-0.4, -0.2) is 27.5 Å². The van der Waals surface area contributed by atoms with Crippen molar-refractivity contribution in [2.24, 2.45) is 0 Å². The van der Waals surface area contributed by atoms with Crippen molar-refractivity contribution in [1.29, 1.82) is 0 Å². The third kappa shape index (κ3) is 3.13. The van der Waals surface area contributed by atoms with Crippen LogP contribution in [0.2, 0.25) is 0 Å². The Morgan fingerprint density at radius 1 is 1.42 bits per heavy atom. The number of ether oxygens (including phenoxy) is 1. The van der Waals surface area contributed by atoms with Gasteiger partial charge in [-0.3, -0.25) is 0 Å². The quantitative estimate of drug-likeness (QED) is 0.895. The molecule has 2 rings (SSSR count). The lowest BCUT2D eigenvalue weighted by Gasteiger charge is -2.06. The third-order valence-corrected chi connectivity index (χ3v) is 2.71. The SMILES string of the molecule is CCc1cc(OCC(=O)O)nn1-c1cccc(C)c1. The van der Waals surface area contributed by atoms with Gasteiger partial charge >= 0.3 is 5.97 Å². The number of aryl methyl sites for hydroxylation is 2. The van der Waals surface area contributed by atoms with Gasteiger partial charge in [0.05, 0.1) is 5.69 Å². The lowest BCUT2D eigenvalue weighted by molar-refractivity contribution is -0.139. The first-order valence-electron chi connectivity index (χ1n) is 6.10. The molecule has 0 spiro atoms. The van der Waals surface area contributed by atoms with Gasteiger partial charge < -0.3 is 9.84 Å². The summed E-state index contributed by atoms with van der Waals surface area (Å²) in [4.78, 5) is 10.5. The zero-order valence-electron chi connectivity index (χ0n) is 11.0. The second-order valence-corrected chi connectivity index (χ2v) is 4.26. The van der Waals surface area contributed by atoms with E-state index in [0.29, 0.717) is 5.88 Å². The number of hydrogen-bond acceptors (Lipinski definition) is 3. The van der Waals surface area contributed by atoms with Gasteiger partial charge in [-0.1, -0.05) is 19.1 Å². The molecule has 1 aromatic heterocycles. The van der Waals surface area contributed by atoms with Crippen LogP contribution < -0.4 is 4.74 Å². The molecule has 0 radical (unpaired) electrons. The monoisotopic (exact) mass is 260 g/mol. The van der Waals surface area contributed by atoms with Gasteiger partial charge in [0.25, 0.3) is 0 Å². The number of rotatable bonds is 5. The van der Waals surface area contributed by atoms with Crippen molar-refractivity contribution in [2.45, 2.75) is 20.3 Å². The number of hydrogen-bond donors (Lipinski definition) is 1. The lowest BCUT2D eigenvalue weighted by Crippen LogP contribution is -2.10. The normalized spacial score (nSPS) is 10.4. The summed E-state index contributed by atoms with van der Waals surface area (Å²) >= 11 is 0. The number of aliphatic carboxylic acids is 1. The fourth-order valence-electron chi connectivity index (χ4n) is 1.84. The standard InChI is InChI=1S/C14H16N2O3/c1-3-11-8-13(19-9-14(17)18)15-16(11)12-6-4-5-10(2)7-12/h4-8H,3,9H2,1-2H3,(H,17,18). The Morgan fingerprint density at radius 3 is 2.84 bits per heavy atom. The highest BCUT2D eigenvalue weighted by molar-refractivity contribution is 5.68. The molecule has 0 amide bonds. The number of aromatic nitrogens is 2. The van der Waals surface area contributed by atoms with Crippen LogP contribution in [0.1, 0.15) is 18.2 Å². The zero-order valence-corrected chi connectivity index (χ0v) is 11.0. The van der Waals surface area contributed by atoms with Crippen LogP contribution in [0, 0.1) is 6.92 Å². The molecule has 19 heavy (non-hydrogen) atoms. The molecule has 1 N–H and O–H groups in total. The van der Waals surface area contributed by atoms with Crippen LogP contribution in [0.4, 0.5) is 0 Å². The molecule has 1 heterocycles. The van der Waals surface area contributed by atoms with Crippen molar-refractivity contribution >= 4 is 5.97 Å². The highest BCUT2D eigenvalue weighted by atomic mass is 16.5. The first kappa shape index (κ1) is 13.1. The van der Waals surface area contributed by atoms with Crippen molar-refractivity contribution in [3.63, 3.8) is 0 Å². The van der Waals surface area contributed by atoms with Gasteiger partial charge in [-0.15, -0.1) is 5.10 Å². The van der Waals surface area contributed by atoms with Gasteiger partial charge in [0.2, 0.25) is 5.88 Å². The molecule has 0 saturated carbocycles. The Kier molecular flexibility index (Phi) is 3.85. The molecule has 0 bridgehead atoms. The average molecular weight is 260 g/mol. The summed E-state index contributed by atoms with van der Waals surface area (Å²) in [6, 6.07) is 9.72. The van der Waals surface area contributed by atoms with E-state index in [1.807, 2.05) is 38.1 Å². The maximum atomic E-state index is 10.5. The van der Waals surface area contributed by atoms with E-state index < -0.39 is 5.97 Å². The average Bonchev–Trinajstić information content (AvgIpc) is 2.79. The van der Waals surface area contributed by atoms with E-state index in [1.165, 1.54) is 0 Å². The lowest BCUT2D eigenvalue weighted by atomic mass is 10.2. The van der Waals surface area contributed by atoms with Crippen LogP contribution in [0.3, 0.4) is 0 Å². The van der Waals surface area contributed by atoms with Crippen LogP contribution in [-0.2, 0) is 11.2 Å². The maximum absolute atomic E-state index is 10.5. The molecule has 0 saturated heterocycles. The molecule has 0 aliphatic carbocycles. The molecule has 5 nitrogen and oxygen atoms in total. The second kappa shape index (κ2) is 5.56. The van der Waals surface area contributed by atoms with Gasteiger partial charge in [0.15, 0.2) is 6.61 Å². The van der Waals surface area contributed by atoms with Gasteiger partial charge in [-0.25, -0.2) is 9.48 Å². The van der Waals surface area contributed by atoms with Gasteiger partial charge in [-0.05, 0) is 31.0 Å². The van der Waals surface area contributed by atoms with Crippen LogP contribution in [0.15, 0.2) is 30.3 Å². The van der Waals surface area contributed by atoms with E-state index in [2.05, 4.69) is 5.10 Å². The van der Waals surface area contributed by atoms with Crippen molar-refractivity contribution in [2.75, 3.05) is 6.61 Å². The van der Waals surface area contributed by atoms with Crippen LogP contribution in [0.25, 0.3) is 5.69 Å². The number of benzene rings is 1. The van der Waals surface area contributed by atoms with Crippen molar-refractivity contribution < 1.29 is 14.6 Å². The highest BCUT2D eigenvalue weighted by Gasteiger charge is 2.10. The molecular weight excluding hydrogens is 244 g/mol. The minimum atomic E-state index is -1.01. The summed E-state index contributed by atoms with van der Waals surface area (Å²) in [6.45, 7) is 3.65. The Hall–Kier alpha value is -2.30. The molecule has 2 aromatic rings. The molecule has 100 valence electrons. The maximum Gasteiger partial charge on any atom is 0.341 e. The molecule has 1 aromatic carbocycles. The number of carboxylic acids is 1. The molecular formula is C14H16N2O3. The fourth-order valence-corrected chi connectivity index (χ4v) is 1.84. The number of nitrogens with zero attached hydrogens (tertiary/aromatic N) is 2. The Bertz CT molecular complexity index is 590. The molecule has 0 fully saturated rings. The minimum Gasteiger partial charge on any atom is -0.479 e. The second-order valence-electron chi connectivity index (χ2n) is 4.26. The largest absolute Gasteiger partial charge is 0.479 e. The first-order valence-corrected chi connectivity index (χ1v) is 6.10. The van der Waals surface area contributed by atoms with E-state index in [9.17, 15) is 4.79 Å². The molecule has 0 aliphatic heterocycles. The summed E-state index contributed by atoms with van der Waals surface area (Å²) in [7, 11) is 0. The Morgan fingerprint density at radius 2 is 2.21 bits per heavy atom. The third-order valence-electron chi connectivity index (χ3n) is 2.71. The fraction of sp³-hybridized carbons (Fsp3) is 0.286. The predicted octanol–water partition coefficient (Wildman–Crippen LogP) is 2.21. The molecule has 0 aliphatic rings. The first-order chi connectivity index (χ1) is 9.10. The van der Waals surface area contributed by atoms with E-state index in [1.54, 1.807) is 10.7 Å². The van der Waals surface area contributed by atoms with Gasteiger partial charge in [0.1, 0.15) is 0 Å². The summed E-state index contributed by atoms with van der Waals surface area (Å²) in [5, 5.41) is 12.9.